The molecule has 1 aromatic carbocycles. The number of aryl methyl sites for hydroxylation is 1. The second-order valence-corrected chi connectivity index (χ2v) is 9.24. The number of rotatable bonds is 12. The highest BCUT2D eigenvalue weighted by molar-refractivity contribution is 8.01. The summed E-state index contributed by atoms with van der Waals surface area (Å²) in [5, 5.41) is 28.8. The summed E-state index contributed by atoms with van der Waals surface area (Å²) in [6.45, 7) is 0. The van der Waals surface area contributed by atoms with Crippen molar-refractivity contribution in [2.75, 3.05) is 17.3 Å². The van der Waals surface area contributed by atoms with Crippen molar-refractivity contribution >= 4 is 35.3 Å². The average Bonchev–Trinajstić information content (AvgIpc) is 2.94. The molecule has 1 aliphatic carbocycles. The number of carboxylic acids is 1. The molecule has 2 rings (SSSR count). The van der Waals surface area contributed by atoms with Crippen molar-refractivity contribution in [3.05, 3.63) is 48.0 Å². The maximum Gasteiger partial charge on any atom is 0.313 e. The van der Waals surface area contributed by atoms with E-state index in [0.29, 0.717) is 6.42 Å². The van der Waals surface area contributed by atoms with Gasteiger partial charge >= 0.3 is 5.97 Å². The SMILES string of the molecule is O=C(O)CSCCCS[C@H]1C(=O)C[C@@H](O)C1/C=C/C(O)CCc1ccccc1. The fourth-order valence-electron chi connectivity index (χ4n) is 3.15. The van der Waals surface area contributed by atoms with Crippen molar-refractivity contribution in [3.63, 3.8) is 0 Å². The molecule has 154 valence electrons. The van der Waals surface area contributed by atoms with Gasteiger partial charge < -0.3 is 15.3 Å². The molecular weight excluding hydrogens is 396 g/mol. The summed E-state index contributed by atoms with van der Waals surface area (Å²) in [6, 6.07) is 9.95. The monoisotopic (exact) mass is 424 g/mol. The first kappa shape index (κ1) is 23.0. The number of Topliss-reactive ketones (excluding diaryl/α,β-unsaturated/α-hetero) is 1. The summed E-state index contributed by atoms with van der Waals surface area (Å²) in [5.74, 6) is 0.526. The molecule has 1 aromatic rings. The lowest BCUT2D eigenvalue weighted by molar-refractivity contribution is -0.133. The molecule has 0 amide bonds. The molecule has 0 saturated heterocycles. The van der Waals surface area contributed by atoms with Gasteiger partial charge in [0.25, 0.3) is 0 Å². The first-order valence-corrected chi connectivity index (χ1v) is 11.7. The summed E-state index contributed by atoms with van der Waals surface area (Å²) in [4.78, 5) is 22.7. The molecule has 28 heavy (non-hydrogen) atoms. The van der Waals surface area contributed by atoms with E-state index in [1.165, 1.54) is 29.1 Å². The number of ketones is 1. The molecule has 4 atom stereocenters. The fraction of sp³-hybridized carbons (Fsp3) is 0.524. The van der Waals surface area contributed by atoms with Crippen molar-refractivity contribution in [1.29, 1.82) is 0 Å². The molecule has 1 fully saturated rings. The van der Waals surface area contributed by atoms with Gasteiger partial charge in [-0.1, -0.05) is 42.5 Å². The number of aliphatic hydroxyl groups excluding tert-OH is 2. The van der Waals surface area contributed by atoms with E-state index < -0.39 is 18.2 Å². The van der Waals surface area contributed by atoms with Gasteiger partial charge in [-0.25, -0.2) is 0 Å². The van der Waals surface area contributed by atoms with E-state index >= 15 is 0 Å². The summed E-state index contributed by atoms with van der Waals surface area (Å²) >= 11 is 2.89. The number of carboxylic acid groups (broad SMARTS) is 1. The number of carbonyl (C=O) groups is 2. The molecule has 0 radical (unpaired) electrons. The number of benzene rings is 1. The van der Waals surface area contributed by atoms with Crippen LogP contribution >= 0.6 is 23.5 Å². The van der Waals surface area contributed by atoms with Crippen LogP contribution in [0.5, 0.6) is 0 Å². The Morgan fingerprint density at radius 2 is 2.00 bits per heavy atom. The van der Waals surface area contributed by atoms with Crippen LogP contribution in [-0.2, 0) is 16.0 Å². The summed E-state index contributed by atoms with van der Waals surface area (Å²) in [6.07, 6.45) is 4.51. The highest BCUT2D eigenvalue weighted by atomic mass is 32.2. The Morgan fingerprint density at radius 1 is 1.25 bits per heavy atom. The first-order valence-electron chi connectivity index (χ1n) is 9.49. The van der Waals surface area contributed by atoms with E-state index in [0.717, 1.165) is 24.3 Å². The maximum absolute atomic E-state index is 12.2. The Balaban J connectivity index is 1.77. The van der Waals surface area contributed by atoms with E-state index in [-0.39, 0.29) is 29.1 Å². The summed E-state index contributed by atoms with van der Waals surface area (Å²) in [7, 11) is 0. The topological polar surface area (TPSA) is 94.8 Å². The van der Waals surface area contributed by atoms with Gasteiger partial charge in [-0.05, 0) is 36.3 Å². The molecule has 5 nitrogen and oxygen atoms in total. The lowest BCUT2D eigenvalue weighted by atomic mass is 10.0. The van der Waals surface area contributed by atoms with Gasteiger partial charge in [0.15, 0.2) is 0 Å². The quantitative estimate of drug-likeness (QED) is 0.351. The van der Waals surface area contributed by atoms with E-state index in [1.807, 2.05) is 30.3 Å². The standard InChI is InChI=1S/C21H28O5S2/c22-16(8-7-15-5-2-1-3-6-15)9-10-17-18(23)13-19(24)21(17)28-12-4-11-27-14-20(25)26/h1-3,5-6,9-10,16-18,21-23H,4,7-8,11-14H2,(H,25,26)/b10-9+/t16?,17?,18-,21-/m1/s1. The van der Waals surface area contributed by atoms with Gasteiger partial charge in [0.05, 0.1) is 23.2 Å². The minimum atomic E-state index is -0.817. The Hall–Kier alpha value is -1.28. The van der Waals surface area contributed by atoms with Crippen LogP contribution < -0.4 is 0 Å². The van der Waals surface area contributed by atoms with E-state index in [1.54, 1.807) is 12.2 Å². The van der Waals surface area contributed by atoms with Crippen LogP contribution in [0, 0.1) is 5.92 Å². The normalized spacial score (nSPS) is 23.4. The van der Waals surface area contributed by atoms with Crippen molar-refractivity contribution in [2.45, 2.75) is 43.1 Å². The molecule has 0 aliphatic heterocycles. The number of thioether (sulfide) groups is 2. The highest BCUT2D eigenvalue weighted by Gasteiger charge is 2.40. The van der Waals surface area contributed by atoms with Crippen molar-refractivity contribution in [3.8, 4) is 0 Å². The van der Waals surface area contributed by atoms with Gasteiger partial charge in [-0.15, -0.1) is 11.8 Å². The van der Waals surface area contributed by atoms with Crippen molar-refractivity contribution in [2.24, 2.45) is 5.92 Å². The number of aliphatic carboxylic acids is 1. The molecule has 0 aromatic heterocycles. The Bertz CT molecular complexity index is 649. The number of hydrogen-bond acceptors (Lipinski definition) is 6. The smallest absolute Gasteiger partial charge is 0.313 e. The van der Waals surface area contributed by atoms with Crippen molar-refractivity contribution in [1.82, 2.24) is 0 Å². The molecular formula is C21H28O5S2. The minimum Gasteiger partial charge on any atom is -0.481 e. The zero-order valence-corrected chi connectivity index (χ0v) is 17.4. The molecule has 1 saturated carbocycles. The number of hydrogen-bond donors (Lipinski definition) is 3. The van der Waals surface area contributed by atoms with Crippen LogP contribution in [0.1, 0.15) is 24.8 Å². The summed E-state index contributed by atoms with van der Waals surface area (Å²) in [5.41, 5.74) is 1.17. The predicted molar refractivity (Wildman–Crippen MR) is 115 cm³/mol. The van der Waals surface area contributed by atoms with Crippen LogP contribution in [0.4, 0.5) is 0 Å². The third-order valence-electron chi connectivity index (χ3n) is 4.60. The van der Waals surface area contributed by atoms with E-state index in [9.17, 15) is 19.8 Å². The molecule has 0 spiro atoms. The zero-order valence-electron chi connectivity index (χ0n) is 15.8. The second kappa shape index (κ2) is 12.3. The van der Waals surface area contributed by atoms with Gasteiger partial charge in [0.1, 0.15) is 5.78 Å². The minimum absolute atomic E-state index is 0.0455. The molecule has 7 heteroatoms. The predicted octanol–water partition coefficient (Wildman–Crippen LogP) is 2.80. The Labute approximate surface area is 174 Å². The van der Waals surface area contributed by atoms with Gasteiger partial charge in [-0.3, -0.25) is 9.59 Å². The van der Waals surface area contributed by atoms with E-state index in [4.69, 9.17) is 5.11 Å². The van der Waals surface area contributed by atoms with Crippen LogP contribution in [0.2, 0.25) is 0 Å². The van der Waals surface area contributed by atoms with Crippen LogP contribution in [0.15, 0.2) is 42.5 Å². The Morgan fingerprint density at radius 3 is 2.71 bits per heavy atom. The van der Waals surface area contributed by atoms with E-state index in [2.05, 4.69) is 0 Å². The molecule has 3 N–H and O–H groups in total. The largest absolute Gasteiger partial charge is 0.481 e. The first-order chi connectivity index (χ1) is 13.5. The van der Waals surface area contributed by atoms with Gasteiger partial charge in [0.2, 0.25) is 0 Å². The molecule has 0 bridgehead atoms. The average molecular weight is 425 g/mol. The van der Waals surface area contributed by atoms with Crippen LogP contribution in [0.25, 0.3) is 0 Å². The lowest BCUT2D eigenvalue weighted by Crippen LogP contribution is -2.22. The second-order valence-electron chi connectivity index (χ2n) is 6.88. The third-order valence-corrected chi connectivity index (χ3v) is 7.09. The third kappa shape index (κ3) is 7.99. The Kier molecular flexibility index (Phi) is 10.1. The highest BCUT2D eigenvalue weighted by Crippen LogP contribution is 2.34. The van der Waals surface area contributed by atoms with Gasteiger partial charge in [-0.2, -0.15) is 11.8 Å². The number of carbonyl (C=O) groups excluding carboxylic acids is 1. The molecule has 1 aliphatic rings. The fourth-order valence-corrected chi connectivity index (χ4v) is 5.34. The van der Waals surface area contributed by atoms with Gasteiger partial charge in [0, 0.05) is 12.3 Å². The van der Waals surface area contributed by atoms with Crippen LogP contribution in [-0.4, -0.2) is 61.8 Å². The lowest BCUT2D eigenvalue weighted by Gasteiger charge is -2.17. The summed E-state index contributed by atoms with van der Waals surface area (Å²) < 4.78 is 0. The molecule has 2 unspecified atom stereocenters. The molecule has 0 heterocycles. The maximum atomic E-state index is 12.2. The van der Waals surface area contributed by atoms with Crippen LogP contribution in [0.3, 0.4) is 0 Å². The van der Waals surface area contributed by atoms with Crippen molar-refractivity contribution < 1.29 is 24.9 Å². The number of aliphatic hydroxyl groups is 2. The zero-order chi connectivity index (χ0) is 20.4.